The van der Waals surface area contributed by atoms with Crippen LogP contribution in [0, 0.1) is 6.92 Å². The molecule has 0 aliphatic carbocycles. The first-order chi connectivity index (χ1) is 11.0. The van der Waals surface area contributed by atoms with Gasteiger partial charge in [0.1, 0.15) is 10.6 Å². The minimum atomic E-state index is -4.09. The Morgan fingerprint density at radius 2 is 1.61 bits per heavy atom. The summed E-state index contributed by atoms with van der Waals surface area (Å²) in [6, 6.07) is 9.60. The van der Waals surface area contributed by atoms with Crippen molar-refractivity contribution in [1.29, 1.82) is 0 Å². The average Bonchev–Trinajstić information content (AvgIpc) is 2.51. The standard InChI is InChI=1S/C15H10N2O5S/c1-11-2-7-14(8-15(11)17-10-19)23(20,21)22-13-5-3-12(4-6-13)16-9-18/h2-8H,1H3. The molecule has 0 aromatic heterocycles. The highest BCUT2D eigenvalue weighted by molar-refractivity contribution is 7.87. The molecule has 0 spiro atoms. The molecule has 2 rings (SSSR count). The van der Waals surface area contributed by atoms with Crippen molar-refractivity contribution in [2.75, 3.05) is 0 Å². The molecule has 0 bridgehead atoms. The lowest BCUT2D eigenvalue weighted by atomic mass is 10.2. The summed E-state index contributed by atoms with van der Waals surface area (Å²) in [4.78, 5) is 27.2. The average molecular weight is 330 g/mol. The van der Waals surface area contributed by atoms with Gasteiger partial charge in [0, 0.05) is 0 Å². The van der Waals surface area contributed by atoms with E-state index in [1.54, 1.807) is 6.92 Å². The molecule has 116 valence electrons. The maximum absolute atomic E-state index is 12.2. The Kier molecular flexibility index (Phi) is 4.83. The molecule has 8 heteroatoms. The molecule has 2 aromatic carbocycles. The van der Waals surface area contributed by atoms with E-state index in [0.717, 1.165) is 0 Å². The van der Waals surface area contributed by atoms with Crippen LogP contribution in [0.4, 0.5) is 11.4 Å². The van der Waals surface area contributed by atoms with Crippen LogP contribution in [-0.4, -0.2) is 20.6 Å². The summed E-state index contributed by atoms with van der Waals surface area (Å²) < 4.78 is 29.4. The van der Waals surface area contributed by atoms with Crippen molar-refractivity contribution in [1.82, 2.24) is 0 Å². The molecule has 0 atom stereocenters. The van der Waals surface area contributed by atoms with E-state index in [-0.39, 0.29) is 16.3 Å². The summed E-state index contributed by atoms with van der Waals surface area (Å²) in [7, 11) is -4.09. The normalized spacial score (nSPS) is 10.3. The van der Waals surface area contributed by atoms with Gasteiger partial charge >= 0.3 is 10.1 Å². The highest BCUT2D eigenvalue weighted by Crippen LogP contribution is 2.26. The molecule has 0 saturated carbocycles. The number of hydrogen-bond donors (Lipinski definition) is 0. The molecule has 0 amide bonds. The van der Waals surface area contributed by atoms with Crippen molar-refractivity contribution in [2.45, 2.75) is 11.8 Å². The van der Waals surface area contributed by atoms with Gasteiger partial charge in [-0.3, -0.25) is 0 Å². The topological polar surface area (TPSA) is 102 Å². The molecule has 0 heterocycles. The van der Waals surface area contributed by atoms with Gasteiger partial charge in [-0.05, 0) is 48.9 Å². The molecule has 0 radical (unpaired) electrons. The molecule has 0 saturated heterocycles. The third-order valence-electron chi connectivity index (χ3n) is 2.85. The first kappa shape index (κ1) is 16.3. The third-order valence-corrected chi connectivity index (χ3v) is 4.10. The number of benzene rings is 2. The molecule has 7 nitrogen and oxygen atoms in total. The van der Waals surface area contributed by atoms with Crippen molar-refractivity contribution in [3.05, 3.63) is 48.0 Å². The first-order valence-electron chi connectivity index (χ1n) is 6.27. The highest BCUT2D eigenvalue weighted by atomic mass is 32.2. The lowest BCUT2D eigenvalue weighted by molar-refractivity contribution is 0.486. The Morgan fingerprint density at radius 3 is 2.22 bits per heavy atom. The van der Waals surface area contributed by atoms with Gasteiger partial charge in [0.05, 0.1) is 11.4 Å². The second-order valence-electron chi connectivity index (χ2n) is 4.39. The van der Waals surface area contributed by atoms with Crippen LogP contribution in [0.1, 0.15) is 5.56 Å². The third kappa shape index (κ3) is 3.99. The minimum absolute atomic E-state index is 0.0517. The minimum Gasteiger partial charge on any atom is -0.379 e. The zero-order valence-corrected chi connectivity index (χ0v) is 12.7. The smallest absolute Gasteiger partial charge is 0.339 e. The van der Waals surface area contributed by atoms with Crippen LogP contribution < -0.4 is 4.18 Å². The number of nitrogens with zero attached hydrogens (tertiary/aromatic N) is 2. The zero-order valence-electron chi connectivity index (χ0n) is 11.9. The highest BCUT2D eigenvalue weighted by Gasteiger charge is 2.18. The van der Waals surface area contributed by atoms with Gasteiger partial charge in [-0.25, -0.2) is 9.59 Å². The number of isocyanates is 2. The monoisotopic (exact) mass is 330 g/mol. The molecule has 0 aliphatic heterocycles. The molecule has 0 fully saturated rings. The van der Waals surface area contributed by atoms with E-state index >= 15 is 0 Å². The van der Waals surface area contributed by atoms with Crippen molar-refractivity contribution >= 4 is 33.7 Å². The van der Waals surface area contributed by atoms with Crippen molar-refractivity contribution in [3.8, 4) is 5.75 Å². The van der Waals surface area contributed by atoms with E-state index in [2.05, 4.69) is 9.98 Å². The van der Waals surface area contributed by atoms with Crippen LogP contribution >= 0.6 is 0 Å². The molecule has 23 heavy (non-hydrogen) atoms. The van der Waals surface area contributed by atoms with Gasteiger partial charge in [-0.2, -0.15) is 18.4 Å². The Bertz CT molecular complexity index is 923. The fourth-order valence-electron chi connectivity index (χ4n) is 1.72. The zero-order chi connectivity index (χ0) is 16.9. The first-order valence-corrected chi connectivity index (χ1v) is 7.68. The van der Waals surface area contributed by atoms with Crippen molar-refractivity contribution in [2.24, 2.45) is 9.98 Å². The van der Waals surface area contributed by atoms with Gasteiger partial charge < -0.3 is 4.18 Å². The molecular weight excluding hydrogens is 320 g/mol. The predicted molar refractivity (Wildman–Crippen MR) is 81.0 cm³/mol. The lowest BCUT2D eigenvalue weighted by Crippen LogP contribution is -2.09. The van der Waals surface area contributed by atoms with Gasteiger partial charge in [-0.15, -0.1) is 0 Å². The lowest BCUT2D eigenvalue weighted by Gasteiger charge is -2.08. The molecule has 2 aromatic rings. The van der Waals surface area contributed by atoms with E-state index in [0.29, 0.717) is 11.3 Å². The number of rotatable bonds is 5. The van der Waals surface area contributed by atoms with E-state index in [1.807, 2.05) is 0 Å². The molecule has 0 unspecified atom stereocenters. The summed E-state index contributed by atoms with van der Waals surface area (Å²) in [5, 5.41) is 0. The summed E-state index contributed by atoms with van der Waals surface area (Å²) >= 11 is 0. The second kappa shape index (κ2) is 6.81. The summed E-state index contributed by atoms with van der Waals surface area (Å²) in [5.41, 5.74) is 1.14. The fraction of sp³-hybridized carbons (Fsp3) is 0.0667. The molecule has 0 aliphatic rings. The number of aryl methyl sites for hydroxylation is 1. The molecule has 0 N–H and O–H groups in total. The Labute approximate surface area is 132 Å². The van der Waals surface area contributed by atoms with Gasteiger partial charge in [-0.1, -0.05) is 6.07 Å². The van der Waals surface area contributed by atoms with Crippen LogP contribution in [-0.2, 0) is 19.7 Å². The predicted octanol–water partition coefficient (Wildman–Crippen LogP) is 2.70. The summed E-state index contributed by atoms with van der Waals surface area (Å²) in [6.45, 7) is 1.68. The maximum Gasteiger partial charge on any atom is 0.339 e. The van der Waals surface area contributed by atoms with Crippen LogP contribution in [0.3, 0.4) is 0 Å². The molecular formula is C15H10N2O5S. The SMILES string of the molecule is Cc1ccc(S(=O)(=O)Oc2ccc(N=C=O)cc2)cc1N=C=O. The number of aliphatic imine (C=N–C) groups is 2. The van der Waals surface area contributed by atoms with Crippen LogP contribution in [0.5, 0.6) is 5.75 Å². The summed E-state index contributed by atoms with van der Waals surface area (Å²) in [6.07, 6.45) is 2.74. The Balaban J connectivity index is 2.33. The van der Waals surface area contributed by atoms with E-state index in [9.17, 15) is 18.0 Å². The maximum atomic E-state index is 12.2. The Morgan fingerprint density at radius 1 is 0.957 bits per heavy atom. The number of hydrogen-bond acceptors (Lipinski definition) is 7. The van der Waals surface area contributed by atoms with Crippen molar-refractivity contribution < 1.29 is 22.2 Å². The van der Waals surface area contributed by atoms with Gasteiger partial charge in [0.15, 0.2) is 0 Å². The largest absolute Gasteiger partial charge is 0.379 e. The van der Waals surface area contributed by atoms with Gasteiger partial charge in [0.25, 0.3) is 0 Å². The van der Waals surface area contributed by atoms with Gasteiger partial charge in [0.2, 0.25) is 12.2 Å². The van der Waals surface area contributed by atoms with Crippen LogP contribution in [0.2, 0.25) is 0 Å². The quantitative estimate of drug-likeness (QED) is 0.476. The van der Waals surface area contributed by atoms with E-state index in [4.69, 9.17) is 4.18 Å². The van der Waals surface area contributed by atoms with Crippen LogP contribution in [0.15, 0.2) is 57.3 Å². The Hall–Kier alpha value is -3.05. The number of carbonyl (C=O) groups excluding carboxylic acids is 2. The van der Waals surface area contributed by atoms with E-state index in [1.165, 1.54) is 54.6 Å². The summed E-state index contributed by atoms with van der Waals surface area (Å²) in [5.74, 6) is 0.0517. The van der Waals surface area contributed by atoms with Crippen molar-refractivity contribution in [3.63, 3.8) is 0 Å². The van der Waals surface area contributed by atoms with E-state index < -0.39 is 10.1 Å². The fourth-order valence-corrected chi connectivity index (χ4v) is 2.67. The van der Waals surface area contributed by atoms with Crippen LogP contribution in [0.25, 0.3) is 0 Å². The second-order valence-corrected chi connectivity index (χ2v) is 5.93.